The van der Waals surface area contributed by atoms with Crippen LogP contribution in [0.3, 0.4) is 0 Å². The number of carbonyl (C=O) groups excluding carboxylic acids is 1. The van der Waals surface area contributed by atoms with Crippen molar-refractivity contribution >= 4 is 11.8 Å². The van der Waals surface area contributed by atoms with Crippen LogP contribution < -0.4 is 4.90 Å². The number of piperidine rings is 1. The Morgan fingerprint density at radius 3 is 2.94 bits per heavy atom. The van der Waals surface area contributed by atoms with Crippen molar-refractivity contribution in [3.05, 3.63) is 24.4 Å². The van der Waals surface area contributed by atoms with Crippen LogP contribution in [0.4, 0.5) is 5.82 Å². The Hall–Kier alpha value is -1.58. The van der Waals surface area contributed by atoms with Crippen molar-refractivity contribution in [3.63, 3.8) is 0 Å². The summed E-state index contributed by atoms with van der Waals surface area (Å²) in [5.74, 6) is 1.24. The zero-order chi connectivity index (χ0) is 12.3. The number of rotatable bonds is 2. The molecular formula is C13H18N2O2. The van der Waals surface area contributed by atoms with E-state index < -0.39 is 0 Å². The molecule has 92 valence electrons. The number of hydrogen-bond acceptors (Lipinski definition) is 4. The average Bonchev–Trinajstić information content (AvgIpc) is 2.39. The molecule has 0 amide bonds. The van der Waals surface area contributed by atoms with Crippen molar-refractivity contribution < 1.29 is 9.53 Å². The predicted molar refractivity (Wildman–Crippen MR) is 65.7 cm³/mol. The van der Waals surface area contributed by atoms with Crippen molar-refractivity contribution in [1.82, 2.24) is 4.98 Å². The van der Waals surface area contributed by atoms with Crippen LogP contribution in [-0.2, 0) is 9.53 Å². The van der Waals surface area contributed by atoms with E-state index in [4.69, 9.17) is 4.74 Å². The third-order valence-corrected chi connectivity index (χ3v) is 3.38. The third kappa shape index (κ3) is 2.57. The lowest BCUT2D eigenvalue weighted by Crippen LogP contribution is -2.42. The summed E-state index contributed by atoms with van der Waals surface area (Å²) < 4.78 is 4.83. The molecule has 2 rings (SSSR count). The molecule has 4 nitrogen and oxygen atoms in total. The number of carbonyl (C=O) groups is 1. The number of esters is 1. The minimum Gasteiger partial charge on any atom is -0.469 e. The van der Waals surface area contributed by atoms with Gasteiger partial charge in [-0.05, 0) is 24.5 Å². The Balaban J connectivity index is 2.02. The van der Waals surface area contributed by atoms with E-state index in [2.05, 4.69) is 16.8 Å². The van der Waals surface area contributed by atoms with Gasteiger partial charge < -0.3 is 9.64 Å². The summed E-state index contributed by atoms with van der Waals surface area (Å²) in [5, 5.41) is 0. The Morgan fingerprint density at radius 1 is 1.53 bits per heavy atom. The number of methoxy groups -OCH3 is 1. The number of nitrogens with zero attached hydrogens (tertiary/aromatic N) is 2. The molecule has 1 fully saturated rings. The largest absolute Gasteiger partial charge is 0.469 e. The quantitative estimate of drug-likeness (QED) is 0.731. The lowest BCUT2D eigenvalue weighted by atomic mass is 9.87. The molecule has 0 saturated carbocycles. The normalized spacial score (nSPS) is 24.5. The molecule has 1 aliphatic rings. The highest BCUT2D eigenvalue weighted by Crippen LogP contribution is 2.26. The molecule has 0 radical (unpaired) electrons. The highest BCUT2D eigenvalue weighted by molar-refractivity contribution is 5.73. The average molecular weight is 234 g/mol. The zero-order valence-corrected chi connectivity index (χ0v) is 10.3. The molecule has 1 aromatic heterocycles. The minimum atomic E-state index is -0.0850. The van der Waals surface area contributed by atoms with Crippen LogP contribution in [0.2, 0.25) is 0 Å². The van der Waals surface area contributed by atoms with Crippen LogP contribution in [0.5, 0.6) is 0 Å². The predicted octanol–water partition coefficient (Wildman–Crippen LogP) is 1.72. The molecule has 2 atom stereocenters. The molecule has 1 aromatic rings. The van der Waals surface area contributed by atoms with Gasteiger partial charge in [0.2, 0.25) is 0 Å². The summed E-state index contributed by atoms with van der Waals surface area (Å²) in [6, 6.07) is 5.90. The van der Waals surface area contributed by atoms with E-state index in [9.17, 15) is 4.79 Å². The molecule has 0 aliphatic carbocycles. The van der Waals surface area contributed by atoms with Gasteiger partial charge in [0, 0.05) is 19.3 Å². The van der Waals surface area contributed by atoms with Crippen molar-refractivity contribution in [2.75, 3.05) is 25.1 Å². The van der Waals surface area contributed by atoms with Crippen molar-refractivity contribution in [1.29, 1.82) is 0 Å². The van der Waals surface area contributed by atoms with E-state index in [-0.39, 0.29) is 11.9 Å². The maximum absolute atomic E-state index is 11.6. The molecule has 0 N–H and O–H groups in total. The van der Waals surface area contributed by atoms with Gasteiger partial charge in [-0.2, -0.15) is 0 Å². The van der Waals surface area contributed by atoms with Gasteiger partial charge in [0.05, 0.1) is 13.0 Å². The summed E-state index contributed by atoms with van der Waals surface area (Å²) in [7, 11) is 1.46. The summed E-state index contributed by atoms with van der Waals surface area (Å²) in [6.45, 7) is 3.81. The molecular weight excluding hydrogens is 216 g/mol. The molecule has 0 unspecified atom stereocenters. The SMILES string of the molecule is COC(=O)[C@H]1CCN(c2ccccn2)C[C@H]1C. The molecule has 0 spiro atoms. The van der Waals surface area contributed by atoms with E-state index >= 15 is 0 Å². The fourth-order valence-electron chi connectivity index (χ4n) is 2.40. The van der Waals surface area contributed by atoms with E-state index in [0.29, 0.717) is 5.92 Å². The smallest absolute Gasteiger partial charge is 0.309 e. The maximum atomic E-state index is 11.6. The highest BCUT2D eigenvalue weighted by Gasteiger charge is 2.32. The van der Waals surface area contributed by atoms with E-state index in [1.807, 2.05) is 18.2 Å². The third-order valence-electron chi connectivity index (χ3n) is 3.38. The van der Waals surface area contributed by atoms with Crippen LogP contribution in [0.1, 0.15) is 13.3 Å². The van der Waals surface area contributed by atoms with Crippen LogP contribution >= 0.6 is 0 Å². The second-order valence-electron chi connectivity index (χ2n) is 4.53. The summed E-state index contributed by atoms with van der Waals surface area (Å²) in [4.78, 5) is 18.1. The lowest BCUT2D eigenvalue weighted by molar-refractivity contribution is -0.147. The van der Waals surface area contributed by atoms with Gasteiger partial charge in [0.1, 0.15) is 5.82 Å². The molecule has 17 heavy (non-hydrogen) atoms. The summed E-state index contributed by atoms with van der Waals surface area (Å²) in [6.07, 6.45) is 2.64. The van der Waals surface area contributed by atoms with Gasteiger partial charge >= 0.3 is 5.97 Å². The Labute approximate surface area is 102 Å². The van der Waals surface area contributed by atoms with Crippen molar-refractivity contribution in [2.24, 2.45) is 11.8 Å². The number of ether oxygens (including phenoxy) is 1. The zero-order valence-electron chi connectivity index (χ0n) is 10.3. The fraction of sp³-hybridized carbons (Fsp3) is 0.538. The first-order valence-corrected chi connectivity index (χ1v) is 5.96. The van der Waals surface area contributed by atoms with Crippen LogP contribution in [0, 0.1) is 11.8 Å². The second kappa shape index (κ2) is 5.17. The minimum absolute atomic E-state index is 0.0277. The van der Waals surface area contributed by atoms with Crippen LogP contribution in [-0.4, -0.2) is 31.2 Å². The molecule has 0 bridgehead atoms. The van der Waals surface area contributed by atoms with Gasteiger partial charge in [-0.1, -0.05) is 13.0 Å². The molecule has 1 aliphatic heterocycles. The van der Waals surface area contributed by atoms with Crippen molar-refractivity contribution in [3.8, 4) is 0 Å². The van der Waals surface area contributed by atoms with Crippen LogP contribution in [0.25, 0.3) is 0 Å². The van der Waals surface area contributed by atoms with Crippen LogP contribution in [0.15, 0.2) is 24.4 Å². The number of pyridine rings is 1. The lowest BCUT2D eigenvalue weighted by Gasteiger charge is -2.36. The van der Waals surface area contributed by atoms with Gasteiger partial charge in [0.15, 0.2) is 0 Å². The molecule has 1 saturated heterocycles. The Morgan fingerprint density at radius 2 is 2.35 bits per heavy atom. The first-order valence-electron chi connectivity index (χ1n) is 5.96. The van der Waals surface area contributed by atoms with Gasteiger partial charge in [0.25, 0.3) is 0 Å². The van der Waals surface area contributed by atoms with E-state index in [1.54, 1.807) is 6.20 Å². The summed E-state index contributed by atoms with van der Waals surface area (Å²) >= 11 is 0. The number of hydrogen-bond donors (Lipinski definition) is 0. The number of aromatic nitrogens is 1. The standard InChI is InChI=1S/C13H18N2O2/c1-10-9-15(12-5-3-4-7-14-12)8-6-11(10)13(16)17-2/h3-5,7,10-11H,6,8-9H2,1-2H3/t10-,11+/m1/s1. The maximum Gasteiger partial charge on any atom is 0.309 e. The molecule has 0 aromatic carbocycles. The first-order chi connectivity index (χ1) is 8.22. The van der Waals surface area contributed by atoms with Gasteiger partial charge in [-0.3, -0.25) is 4.79 Å². The van der Waals surface area contributed by atoms with E-state index in [0.717, 1.165) is 25.3 Å². The first kappa shape index (κ1) is 11.9. The number of anilines is 1. The topological polar surface area (TPSA) is 42.4 Å². The highest BCUT2D eigenvalue weighted by atomic mass is 16.5. The molecule has 4 heteroatoms. The monoisotopic (exact) mass is 234 g/mol. The Kier molecular flexibility index (Phi) is 3.61. The fourth-order valence-corrected chi connectivity index (χ4v) is 2.40. The second-order valence-corrected chi connectivity index (χ2v) is 4.53. The van der Waals surface area contributed by atoms with Crippen molar-refractivity contribution in [2.45, 2.75) is 13.3 Å². The van der Waals surface area contributed by atoms with E-state index in [1.165, 1.54) is 7.11 Å². The Bertz CT molecular complexity index is 380. The summed E-state index contributed by atoms with van der Waals surface area (Å²) in [5.41, 5.74) is 0. The molecule has 2 heterocycles. The van der Waals surface area contributed by atoms with Gasteiger partial charge in [-0.25, -0.2) is 4.98 Å². The van der Waals surface area contributed by atoms with Gasteiger partial charge in [-0.15, -0.1) is 0 Å².